The van der Waals surface area contributed by atoms with Crippen LogP contribution in [0, 0.1) is 34.0 Å². The predicted molar refractivity (Wildman–Crippen MR) is 224 cm³/mol. The molecule has 8 atom stereocenters. The van der Waals surface area contributed by atoms with Crippen molar-refractivity contribution >= 4 is 35.7 Å². The first kappa shape index (κ1) is 46.8. The summed E-state index contributed by atoms with van der Waals surface area (Å²) in [6, 6.07) is 8.10. The molecule has 3 fully saturated rings. The van der Waals surface area contributed by atoms with Gasteiger partial charge in [0.2, 0.25) is 0 Å². The van der Waals surface area contributed by atoms with Gasteiger partial charge < -0.3 is 40.6 Å². The smallest absolute Gasteiger partial charge is 0.407 e. The van der Waals surface area contributed by atoms with Crippen LogP contribution in [0.1, 0.15) is 120 Å². The first-order chi connectivity index (χ1) is 26.6. The number of hydrogen-bond donors (Lipinski definition) is 5. The van der Waals surface area contributed by atoms with Crippen molar-refractivity contribution in [2.24, 2.45) is 34.0 Å². The Labute approximate surface area is 345 Å². The number of rotatable bonds is 16. The van der Waals surface area contributed by atoms with E-state index in [1.54, 1.807) is 0 Å². The molecule has 0 radical (unpaired) electrons. The number of amides is 2. The van der Waals surface area contributed by atoms with E-state index in [-0.39, 0.29) is 40.7 Å². The van der Waals surface area contributed by atoms with Crippen LogP contribution >= 0.6 is 11.8 Å². The van der Waals surface area contributed by atoms with Crippen LogP contribution in [0.2, 0.25) is 0 Å². The standard InChI is InChI=1S/C44H72N4O8S/c1-29-17-19-44-20-18-33(49)36(44)43(29,10)34(25-42(9,37(51)30(44)2)28-46-22-12-24-48-39(53)56-41(6,7)8)54-35(50)27-57-32-15-13-31(14-16-32)26-45-21-11-23-47-38(52)55-40(3,4)5/h13-16,29-30,34,36-37,45-46,51H,11-12,17-28H2,1-10H3,(H,47,52)(H,48,53)/t29-,30+,34-,36+,37+,42-,43+,44+/m1/s1. The third-order valence-electron chi connectivity index (χ3n) is 12.7. The molecule has 12 nitrogen and oxygen atoms in total. The van der Waals surface area contributed by atoms with E-state index >= 15 is 0 Å². The molecule has 0 unspecified atom stereocenters. The zero-order valence-corrected chi connectivity index (χ0v) is 37.1. The number of Topliss-reactive ketones (excluding diaryl/α,β-unsaturated/α-hetero) is 1. The van der Waals surface area contributed by atoms with Crippen molar-refractivity contribution in [3.63, 3.8) is 0 Å². The quantitative estimate of drug-likeness (QED) is 0.0505. The van der Waals surface area contributed by atoms with Gasteiger partial charge in [-0.05, 0) is 128 Å². The molecule has 3 aliphatic rings. The van der Waals surface area contributed by atoms with Crippen molar-refractivity contribution in [2.45, 2.75) is 149 Å². The number of aliphatic hydroxyl groups is 1. The summed E-state index contributed by atoms with van der Waals surface area (Å²) in [4.78, 5) is 52.6. The molecule has 5 N–H and O–H groups in total. The summed E-state index contributed by atoms with van der Waals surface area (Å²) in [5, 5.41) is 24.8. The van der Waals surface area contributed by atoms with E-state index in [0.29, 0.717) is 52.0 Å². The summed E-state index contributed by atoms with van der Waals surface area (Å²) >= 11 is 1.43. The predicted octanol–water partition coefficient (Wildman–Crippen LogP) is 7.01. The van der Waals surface area contributed by atoms with Crippen molar-refractivity contribution in [1.82, 2.24) is 21.3 Å². The lowest BCUT2D eigenvalue weighted by Gasteiger charge is -2.62. The van der Waals surface area contributed by atoms with Gasteiger partial charge in [-0.25, -0.2) is 9.59 Å². The molecule has 0 aliphatic heterocycles. The second kappa shape index (κ2) is 19.5. The van der Waals surface area contributed by atoms with E-state index in [1.165, 1.54) is 11.8 Å². The number of ketones is 1. The summed E-state index contributed by atoms with van der Waals surface area (Å²) < 4.78 is 17.2. The number of hydrogen-bond acceptors (Lipinski definition) is 11. The summed E-state index contributed by atoms with van der Waals surface area (Å²) in [5.41, 5.74) is -1.53. The Morgan fingerprint density at radius 1 is 0.860 bits per heavy atom. The topological polar surface area (TPSA) is 164 Å². The molecule has 3 saturated carbocycles. The maximum Gasteiger partial charge on any atom is 0.407 e. The van der Waals surface area contributed by atoms with Crippen LogP contribution in [0.4, 0.5) is 9.59 Å². The molecule has 13 heteroatoms. The molecule has 0 saturated heterocycles. The number of aliphatic hydroxyl groups excluding tert-OH is 1. The summed E-state index contributed by atoms with van der Waals surface area (Å²) in [7, 11) is 0. The Balaban J connectivity index is 1.37. The first-order valence-corrected chi connectivity index (χ1v) is 22.1. The maximum atomic E-state index is 13.9. The number of nitrogens with one attached hydrogen (secondary N) is 4. The van der Waals surface area contributed by atoms with Gasteiger partial charge in [0, 0.05) is 54.2 Å². The van der Waals surface area contributed by atoms with Gasteiger partial charge in [0.25, 0.3) is 0 Å². The number of thioether (sulfide) groups is 1. The average molecular weight is 817 g/mol. The van der Waals surface area contributed by atoms with Gasteiger partial charge in [0.15, 0.2) is 0 Å². The van der Waals surface area contributed by atoms with Crippen LogP contribution in [0.15, 0.2) is 29.2 Å². The second-order valence-electron chi connectivity index (χ2n) is 19.4. The van der Waals surface area contributed by atoms with Gasteiger partial charge in [0.1, 0.15) is 23.1 Å². The van der Waals surface area contributed by atoms with Crippen molar-refractivity contribution in [2.75, 3.05) is 38.5 Å². The molecular formula is C44H72N4O8S. The Hall–Kier alpha value is -2.87. The maximum absolute atomic E-state index is 13.9. The number of ether oxygens (including phenoxy) is 3. The SMILES string of the molecule is C[C@@H]1CC[C@@]23CCC(=O)[C@H]2[C@]1(C)[C@H](OC(=O)CSc1ccc(CNCCCNC(=O)OC(C)(C)C)cc1)C[C@](C)(CNCCCNC(=O)OC(C)(C)C)[C@@H](O)[C@@H]3C. The Morgan fingerprint density at radius 3 is 2.02 bits per heavy atom. The summed E-state index contributed by atoms with van der Waals surface area (Å²) in [6.45, 7) is 23.1. The van der Waals surface area contributed by atoms with E-state index in [2.05, 4.69) is 49.0 Å². The van der Waals surface area contributed by atoms with Crippen LogP contribution in [0.25, 0.3) is 0 Å². The van der Waals surface area contributed by atoms with Gasteiger partial charge in [-0.1, -0.05) is 39.8 Å². The Kier molecular flexibility index (Phi) is 16.0. The Bertz CT molecular complexity index is 1530. The Morgan fingerprint density at radius 2 is 1.44 bits per heavy atom. The highest BCUT2D eigenvalue weighted by Gasteiger charge is 2.68. The molecule has 2 bridgehead atoms. The third-order valence-corrected chi connectivity index (χ3v) is 13.7. The first-order valence-electron chi connectivity index (χ1n) is 21.1. The van der Waals surface area contributed by atoms with Gasteiger partial charge in [-0.2, -0.15) is 0 Å². The zero-order valence-electron chi connectivity index (χ0n) is 36.3. The lowest BCUT2D eigenvalue weighted by molar-refractivity contribution is -0.210. The van der Waals surface area contributed by atoms with Crippen LogP contribution in [-0.2, 0) is 30.3 Å². The fraction of sp³-hybridized carbons (Fsp3) is 0.773. The van der Waals surface area contributed by atoms with Gasteiger partial charge in [0.05, 0.1) is 11.9 Å². The molecule has 322 valence electrons. The van der Waals surface area contributed by atoms with Gasteiger partial charge in [-0.15, -0.1) is 11.8 Å². The molecule has 57 heavy (non-hydrogen) atoms. The monoisotopic (exact) mass is 817 g/mol. The van der Waals surface area contributed by atoms with Gasteiger partial charge in [-0.3, -0.25) is 9.59 Å². The number of alkyl carbamates (subject to hydrolysis) is 2. The minimum atomic E-state index is -0.714. The van der Waals surface area contributed by atoms with E-state index in [0.717, 1.165) is 42.7 Å². The van der Waals surface area contributed by atoms with E-state index in [9.17, 15) is 24.3 Å². The molecular weight excluding hydrogens is 745 g/mol. The van der Waals surface area contributed by atoms with Crippen molar-refractivity contribution < 1.29 is 38.5 Å². The molecule has 1 aromatic rings. The van der Waals surface area contributed by atoms with E-state index < -0.39 is 46.4 Å². The number of esters is 1. The lowest BCUT2D eigenvalue weighted by atomic mass is 9.44. The largest absolute Gasteiger partial charge is 0.461 e. The highest BCUT2D eigenvalue weighted by molar-refractivity contribution is 8.00. The molecule has 0 heterocycles. The average Bonchev–Trinajstić information content (AvgIpc) is 3.47. The van der Waals surface area contributed by atoms with Crippen LogP contribution < -0.4 is 21.3 Å². The van der Waals surface area contributed by atoms with Crippen LogP contribution in [0.3, 0.4) is 0 Å². The number of carbonyl (C=O) groups excluding carboxylic acids is 4. The molecule has 0 aromatic heterocycles. The summed E-state index contributed by atoms with van der Waals surface area (Å²) in [6.07, 6.45) is 2.81. The fourth-order valence-electron chi connectivity index (χ4n) is 9.61. The van der Waals surface area contributed by atoms with Gasteiger partial charge >= 0.3 is 18.2 Å². The van der Waals surface area contributed by atoms with Crippen LogP contribution in [0.5, 0.6) is 0 Å². The van der Waals surface area contributed by atoms with Crippen molar-refractivity contribution in [3.05, 3.63) is 29.8 Å². The molecule has 2 amide bonds. The number of benzene rings is 1. The highest BCUT2D eigenvalue weighted by atomic mass is 32.2. The summed E-state index contributed by atoms with van der Waals surface area (Å²) in [5.74, 6) is -0.173. The molecule has 1 aromatic carbocycles. The third kappa shape index (κ3) is 12.3. The molecule has 3 aliphatic carbocycles. The van der Waals surface area contributed by atoms with E-state index in [1.807, 2.05) is 65.8 Å². The minimum Gasteiger partial charge on any atom is -0.461 e. The number of carbonyl (C=O) groups is 4. The molecule has 0 spiro atoms. The van der Waals surface area contributed by atoms with Crippen LogP contribution in [-0.4, -0.2) is 90.9 Å². The van der Waals surface area contributed by atoms with E-state index in [4.69, 9.17) is 14.2 Å². The highest BCUT2D eigenvalue weighted by Crippen LogP contribution is 2.67. The molecule has 4 rings (SSSR count). The fourth-order valence-corrected chi connectivity index (χ4v) is 10.3. The second-order valence-corrected chi connectivity index (χ2v) is 20.4. The van der Waals surface area contributed by atoms with Crippen molar-refractivity contribution in [3.8, 4) is 0 Å². The normalized spacial score (nSPS) is 30.1. The zero-order chi connectivity index (χ0) is 42.2. The lowest BCUT2D eigenvalue weighted by Crippen LogP contribution is -2.64. The minimum absolute atomic E-state index is 0.104. The van der Waals surface area contributed by atoms with Crippen molar-refractivity contribution in [1.29, 1.82) is 0 Å².